The number of aliphatic hydroxyl groups excluding tert-OH is 1. The lowest BCUT2D eigenvalue weighted by Gasteiger charge is -2.29. The van der Waals surface area contributed by atoms with E-state index < -0.39 is 26.6 Å². The highest BCUT2D eigenvalue weighted by molar-refractivity contribution is 7.45. The van der Waals surface area contributed by atoms with Crippen molar-refractivity contribution in [3.8, 4) is 0 Å². The summed E-state index contributed by atoms with van der Waals surface area (Å²) in [6.07, 6.45) is 42.1. The summed E-state index contributed by atoms with van der Waals surface area (Å²) in [5.41, 5.74) is 0. The maximum atomic E-state index is 12.7. The summed E-state index contributed by atoms with van der Waals surface area (Å²) in [4.78, 5) is 25.1. The third-order valence-electron chi connectivity index (χ3n) is 9.33. The Morgan fingerprint density at radius 3 is 1.56 bits per heavy atom. The quantitative estimate of drug-likeness (QED) is 0.0281. The van der Waals surface area contributed by atoms with Gasteiger partial charge < -0.3 is 28.8 Å². The highest BCUT2D eigenvalue weighted by Gasteiger charge is 2.23. The number of nitrogens with zero attached hydrogens (tertiary/aromatic N) is 1. The number of allylic oxidation sites excluding steroid dienone is 5. The van der Waals surface area contributed by atoms with Gasteiger partial charge in [-0.25, -0.2) is 0 Å². The summed E-state index contributed by atoms with van der Waals surface area (Å²) in [6, 6.07) is -0.903. The number of nitrogens with one attached hydrogen (secondary N) is 1. The van der Waals surface area contributed by atoms with E-state index in [4.69, 9.17) is 9.05 Å². The van der Waals surface area contributed by atoms with Crippen LogP contribution in [0.2, 0.25) is 0 Å². The van der Waals surface area contributed by atoms with Crippen LogP contribution >= 0.6 is 7.82 Å². The third-order valence-corrected chi connectivity index (χ3v) is 10.3. The Balaban J connectivity index is 4.40. The van der Waals surface area contributed by atoms with Crippen LogP contribution in [0.3, 0.4) is 0 Å². The van der Waals surface area contributed by atoms with E-state index in [1.54, 1.807) is 6.08 Å². The van der Waals surface area contributed by atoms with E-state index in [0.717, 1.165) is 44.9 Å². The molecule has 8 nitrogen and oxygen atoms in total. The first-order chi connectivity index (χ1) is 25.0. The minimum atomic E-state index is -4.59. The van der Waals surface area contributed by atoms with E-state index in [9.17, 15) is 19.4 Å². The molecule has 0 fully saturated rings. The molecular weight excluding hydrogens is 671 g/mol. The van der Waals surface area contributed by atoms with Crippen LogP contribution in [0, 0.1) is 0 Å². The zero-order chi connectivity index (χ0) is 38.6. The minimum Gasteiger partial charge on any atom is -0.756 e. The first-order valence-electron chi connectivity index (χ1n) is 21.4. The highest BCUT2D eigenvalue weighted by Crippen LogP contribution is 2.38. The number of phosphoric ester groups is 1. The Bertz CT molecular complexity index is 948. The molecule has 3 atom stereocenters. The lowest BCUT2D eigenvalue weighted by molar-refractivity contribution is -0.870. The third kappa shape index (κ3) is 37.1. The summed E-state index contributed by atoms with van der Waals surface area (Å²) in [7, 11) is 1.23. The van der Waals surface area contributed by atoms with Gasteiger partial charge in [0, 0.05) is 6.42 Å². The second-order valence-corrected chi connectivity index (χ2v) is 17.1. The second kappa shape index (κ2) is 35.4. The van der Waals surface area contributed by atoms with Gasteiger partial charge in [-0.2, -0.15) is 0 Å². The number of unbranched alkanes of at least 4 members (excludes halogenated alkanes) is 21. The summed E-state index contributed by atoms with van der Waals surface area (Å²) in [5.74, 6) is -0.218. The number of quaternary nitrogens is 1. The average Bonchev–Trinajstić information content (AvgIpc) is 3.09. The SMILES string of the molecule is CCCCCCCCCCCCCC/C=C/CC/C=C/CC/C=C/C(O)C(COP(=O)([O-])OCC[N+](C)(C)C)NC(=O)CCCCCCCCCC. The number of likely N-dealkylation sites (N-methyl/N-ethyl adjacent to an activating group) is 1. The number of carbonyl (C=O) groups excluding carboxylic acids is 1. The number of hydrogen-bond acceptors (Lipinski definition) is 6. The zero-order valence-electron chi connectivity index (χ0n) is 34.5. The second-order valence-electron chi connectivity index (χ2n) is 15.7. The van der Waals surface area contributed by atoms with Crippen LogP contribution in [0.1, 0.15) is 181 Å². The van der Waals surface area contributed by atoms with Crippen molar-refractivity contribution >= 4 is 13.7 Å². The van der Waals surface area contributed by atoms with Gasteiger partial charge in [-0.1, -0.05) is 166 Å². The lowest BCUT2D eigenvalue weighted by atomic mass is 10.0. The van der Waals surface area contributed by atoms with Gasteiger partial charge in [0.15, 0.2) is 0 Å². The maximum Gasteiger partial charge on any atom is 0.268 e. The fraction of sp³-hybridized carbons (Fsp3) is 0.837. The van der Waals surface area contributed by atoms with E-state index in [0.29, 0.717) is 17.4 Å². The Morgan fingerprint density at radius 2 is 1.08 bits per heavy atom. The van der Waals surface area contributed by atoms with Crippen molar-refractivity contribution in [2.24, 2.45) is 0 Å². The average molecular weight is 755 g/mol. The molecule has 9 heteroatoms. The molecule has 0 spiro atoms. The molecule has 52 heavy (non-hydrogen) atoms. The van der Waals surface area contributed by atoms with Crippen molar-refractivity contribution in [3.05, 3.63) is 36.5 Å². The van der Waals surface area contributed by atoms with Gasteiger partial charge in [0.2, 0.25) is 5.91 Å². The molecule has 0 aromatic rings. The predicted octanol–water partition coefficient (Wildman–Crippen LogP) is 10.9. The number of aliphatic hydroxyl groups is 1. The van der Waals surface area contributed by atoms with Crippen molar-refractivity contribution in [1.82, 2.24) is 5.32 Å². The van der Waals surface area contributed by atoms with Gasteiger partial charge in [-0.3, -0.25) is 9.36 Å². The normalized spacial score (nSPS) is 14.8. The van der Waals surface area contributed by atoms with Crippen LogP contribution in [0.15, 0.2) is 36.5 Å². The molecule has 0 saturated carbocycles. The van der Waals surface area contributed by atoms with Gasteiger partial charge in [-0.05, 0) is 44.9 Å². The molecule has 0 aliphatic carbocycles. The van der Waals surface area contributed by atoms with E-state index in [2.05, 4.69) is 43.5 Å². The van der Waals surface area contributed by atoms with Crippen molar-refractivity contribution in [2.75, 3.05) is 40.9 Å². The molecule has 0 radical (unpaired) electrons. The van der Waals surface area contributed by atoms with Crippen LogP contribution in [-0.4, -0.2) is 68.5 Å². The van der Waals surface area contributed by atoms with Crippen LogP contribution < -0.4 is 10.2 Å². The molecule has 0 aliphatic heterocycles. The molecule has 3 unspecified atom stereocenters. The number of rotatable bonds is 38. The molecule has 0 aliphatic rings. The van der Waals surface area contributed by atoms with Crippen LogP contribution in [0.25, 0.3) is 0 Å². The highest BCUT2D eigenvalue weighted by atomic mass is 31.2. The molecule has 0 heterocycles. The largest absolute Gasteiger partial charge is 0.756 e. The van der Waals surface area contributed by atoms with Gasteiger partial charge in [0.05, 0.1) is 39.9 Å². The first kappa shape index (κ1) is 50.7. The fourth-order valence-corrected chi connectivity index (χ4v) is 6.61. The number of carbonyl (C=O) groups is 1. The number of hydrogen-bond donors (Lipinski definition) is 2. The molecule has 0 aromatic heterocycles. The predicted molar refractivity (Wildman–Crippen MR) is 219 cm³/mol. The van der Waals surface area contributed by atoms with E-state index in [-0.39, 0.29) is 12.5 Å². The standard InChI is InChI=1S/C43H83N2O6P/c1-6-8-10-12-14-16-17-18-19-20-21-22-23-24-25-26-27-28-29-30-32-34-36-42(46)41(40-51-52(48,49)50-39-38-45(3,4)5)44-43(47)37-35-33-31-15-13-11-9-7-2/h24-25,28-29,34,36,41-42,46H,6-23,26-27,30-33,35,37-40H2,1-5H3,(H-,44,47,48,49)/b25-24+,29-28+,36-34+. The van der Waals surface area contributed by atoms with Gasteiger partial charge in [-0.15, -0.1) is 0 Å². The monoisotopic (exact) mass is 755 g/mol. The zero-order valence-corrected chi connectivity index (χ0v) is 35.4. The molecule has 306 valence electrons. The first-order valence-corrected chi connectivity index (χ1v) is 22.8. The fourth-order valence-electron chi connectivity index (χ4n) is 5.89. The summed E-state index contributed by atoms with van der Waals surface area (Å²) in [6.45, 7) is 4.57. The molecule has 2 N–H and O–H groups in total. The van der Waals surface area contributed by atoms with Crippen LogP contribution in [0.5, 0.6) is 0 Å². The maximum absolute atomic E-state index is 12.7. The van der Waals surface area contributed by atoms with Crippen molar-refractivity contribution < 1.29 is 32.9 Å². The Labute approximate surface area is 321 Å². The Kier molecular flexibility index (Phi) is 34.6. The van der Waals surface area contributed by atoms with Crippen LogP contribution in [-0.2, 0) is 18.4 Å². The number of phosphoric acid groups is 1. The van der Waals surface area contributed by atoms with Gasteiger partial charge in [0.1, 0.15) is 13.2 Å². The topological polar surface area (TPSA) is 108 Å². The lowest BCUT2D eigenvalue weighted by Crippen LogP contribution is -2.45. The van der Waals surface area contributed by atoms with Crippen LogP contribution in [0.4, 0.5) is 0 Å². The summed E-state index contributed by atoms with van der Waals surface area (Å²) >= 11 is 0. The molecular formula is C43H83N2O6P. The van der Waals surface area contributed by atoms with E-state index in [1.165, 1.54) is 116 Å². The Morgan fingerprint density at radius 1 is 0.654 bits per heavy atom. The van der Waals surface area contributed by atoms with E-state index in [1.807, 2.05) is 27.2 Å². The Hall–Kier alpha value is -1.28. The molecule has 0 rings (SSSR count). The molecule has 0 aromatic carbocycles. The number of amides is 1. The smallest absolute Gasteiger partial charge is 0.268 e. The summed E-state index contributed by atoms with van der Waals surface area (Å²) < 4.78 is 23.1. The van der Waals surface area contributed by atoms with Crippen molar-refractivity contribution in [2.45, 2.75) is 193 Å². The van der Waals surface area contributed by atoms with Crippen molar-refractivity contribution in [3.63, 3.8) is 0 Å². The molecule has 1 amide bonds. The van der Waals surface area contributed by atoms with E-state index >= 15 is 0 Å². The molecule has 0 bridgehead atoms. The molecule has 0 saturated heterocycles. The minimum absolute atomic E-state index is 0.00845. The summed E-state index contributed by atoms with van der Waals surface area (Å²) in [5, 5.41) is 13.7. The van der Waals surface area contributed by atoms with Gasteiger partial charge in [0.25, 0.3) is 7.82 Å². The van der Waals surface area contributed by atoms with Gasteiger partial charge >= 0.3 is 0 Å². The van der Waals surface area contributed by atoms with Crippen molar-refractivity contribution in [1.29, 1.82) is 0 Å².